The van der Waals surface area contributed by atoms with Crippen LogP contribution >= 0.6 is 11.6 Å². The minimum Gasteiger partial charge on any atom is -0.497 e. The van der Waals surface area contributed by atoms with Crippen molar-refractivity contribution in [3.8, 4) is 11.1 Å². The van der Waals surface area contributed by atoms with Crippen molar-refractivity contribution >= 4 is 47.0 Å². The van der Waals surface area contributed by atoms with Crippen LogP contribution in [0.3, 0.4) is 0 Å². The molecule has 0 heterocycles. The van der Waals surface area contributed by atoms with Gasteiger partial charge in [0.05, 0.1) is 7.11 Å². The van der Waals surface area contributed by atoms with Crippen LogP contribution in [0.4, 0.5) is 14.5 Å². The van der Waals surface area contributed by atoms with E-state index < -0.39 is 17.0 Å². The standard InChI is InChI=1S/C23H18BClF2NO2S/c1-14(30-2)16-5-8-21(22(25)12-16)17-10-18(24)13-19(11-17)28-31(29)20-6-3-15(4-7-20)9-23(26)27/h3-8,10-13,23H,1,9H2,2H3/q-1. The first-order chi connectivity index (χ1) is 14.8. The van der Waals surface area contributed by atoms with Gasteiger partial charge in [0.1, 0.15) is 13.6 Å². The normalized spacial score (nSPS) is 12.2. The fourth-order valence-electron chi connectivity index (χ4n) is 2.95. The minimum atomic E-state index is -2.43. The average Bonchev–Trinajstić information content (AvgIpc) is 2.72. The van der Waals surface area contributed by atoms with Gasteiger partial charge in [-0.2, -0.15) is 10.6 Å². The molecule has 0 spiro atoms. The summed E-state index contributed by atoms with van der Waals surface area (Å²) in [5.74, 6) is 0.492. The lowest BCUT2D eigenvalue weighted by atomic mass is 9.91. The van der Waals surface area contributed by atoms with E-state index in [4.69, 9.17) is 24.2 Å². The molecule has 0 aromatic heterocycles. The van der Waals surface area contributed by atoms with E-state index in [0.29, 0.717) is 38.0 Å². The summed E-state index contributed by atoms with van der Waals surface area (Å²) in [6.45, 7) is 3.81. The molecule has 0 aliphatic heterocycles. The maximum Gasteiger partial charge on any atom is 0.242 e. The molecule has 0 saturated carbocycles. The molecule has 3 aromatic rings. The zero-order valence-electron chi connectivity index (χ0n) is 16.6. The van der Waals surface area contributed by atoms with Crippen molar-refractivity contribution < 1.29 is 17.7 Å². The second-order valence-corrected chi connectivity index (χ2v) is 8.27. The summed E-state index contributed by atoms with van der Waals surface area (Å²) in [6.07, 6.45) is -2.78. The molecule has 0 aliphatic carbocycles. The maximum absolute atomic E-state index is 12.6. The van der Waals surface area contributed by atoms with Crippen LogP contribution in [0.15, 0.2) is 76.5 Å². The van der Waals surface area contributed by atoms with E-state index in [9.17, 15) is 13.0 Å². The largest absolute Gasteiger partial charge is 0.497 e. The van der Waals surface area contributed by atoms with Gasteiger partial charge in [-0.3, -0.25) is 0 Å². The van der Waals surface area contributed by atoms with Crippen LogP contribution in [0.25, 0.3) is 16.9 Å². The van der Waals surface area contributed by atoms with E-state index in [1.165, 1.54) is 31.4 Å². The SMILES string of the molecule is [B]c1cc(N=[S-](=O)c2ccc(CC(F)F)cc2)cc(-c2ccc(C(=C)OC)cc2Cl)c1. The van der Waals surface area contributed by atoms with Crippen molar-refractivity contribution in [1.82, 2.24) is 0 Å². The fraction of sp³-hybridized carbons (Fsp3) is 0.130. The summed E-state index contributed by atoms with van der Waals surface area (Å²) >= 11 is 6.44. The van der Waals surface area contributed by atoms with Crippen molar-refractivity contribution in [2.75, 3.05) is 7.11 Å². The molecule has 3 nitrogen and oxygen atoms in total. The van der Waals surface area contributed by atoms with Gasteiger partial charge in [0.2, 0.25) is 6.43 Å². The first-order valence-corrected chi connectivity index (χ1v) is 10.7. The molecule has 0 fully saturated rings. The molecule has 0 amide bonds. The molecule has 3 aromatic carbocycles. The van der Waals surface area contributed by atoms with Gasteiger partial charge in [-0.1, -0.05) is 71.0 Å². The Bertz CT molecular complexity index is 1190. The van der Waals surface area contributed by atoms with Crippen molar-refractivity contribution in [2.45, 2.75) is 17.7 Å². The number of methoxy groups -OCH3 is 1. The quantitative estimate of drug-likeness (QED) is 0.246. The van der Waals surface area contributed by atoms with Crippen molar-refractivity contribution in [1.29, 1.82) is 0 Å². The van der Waals surface area contributed by atoms with Crippen molar-refractivity contribution in [3.63, 3.8) is 0 Å². The number of benzene rings is 3. The number of halogens is 3. The Labute approximate surface area is 188 Å². The summed E-state index contributed by atoms with van der Waals surface area (Å²) in [6, 6.07) is 16.6. The molecule has 8 heteroatoms. The Morgan fingerprint density at radius 2 is 1.87 bits per heavy atom. The molecule has 0 aliphatic rings. The first-order valence-electron chi connectivity index (χ1n) is 9.21. The third-order valence-corrected chi connectivity index (χ3v) is 5.86. The number of hydrogen-bond acceptors (Lipinski definition) is 4. The second kappa shape index (κ2) is 10.1. The molecule has 0 atom stereocenters. The lowest BCUT2D eigenvalue weighted by molar-refractivity contribution is 0.149. The van der Waals surface area contributed by atoms with Gasteiger partial charge in [-0.15, -0.1) is 0 Å². The summed E-state index contributed by atoms with van der Waals surface area (Å²) in [5.41, 5.74) is 3.49. The predicted octanol–water partition coefficient (Wildman–Crippen LogP) is 6.06. The van der Waals surface area contributed by atoms with Gasteiger partial charge < -0.3 is 13.3 Å². The van der Waals surface area contributed by atoms with Gasteiger partial charge in [0, 0.05) is 28.3 Å². The maximum atomic E-state index is 12.6. The van der Waals surface area contributed by atoms with E-state index in [-0.39, 0.29) is 6.42 Å². The van der Waals surface area contributed by atoms with Gasteiger partial charge in [0.25, 0.3) is 0 Å². The number of nitrogens with zero attached hydrogens (tertiary/aromatic N) is 1. The predicted molar refractivity (Wildman–Crippen MR) is 123 cm³/mol. The molecule has 0 bridgehead atoms. The summed E-state index contributed by atoms with van der Waals surface area (Å²) in [4.78, 5) is 0.405. The monoisotopic (exact) mass is 456 g/mol. The van der Waals surface area contributed by atoms with Crippen LogP contribution in [0.5, 0.6) is 0 Å². The molecule has 2 radical (unpaired) electrons. The molecule has 0 N–H and O–H groups in total. The highest BCUT2D eigenvalue weighted by molar-refractivity contribution is 7.75. The Hall–Kier alpha value is -2.64. The minimum absolute atomic E-state index is 0.347. The van der Waals surface area contributed by atoms with Crippen molar-refractivity contribution in [3.05, 3.63) is 83.4 Å². The summed E-state index contributed by atoms with van der Waals surface area (Å²) in [7, 11) is 5.83. The second-order valence-electron chi connectivity index (χ2n) is 6.71. The Morgan fingerprint density at radius 1 is 1.16 bits per heavy atom. The third kappa shape index (κ3) is 5.96. The van der Waals surface area contributed by atoms with E-state index in [0.717, 1.165) is 11.1 Å². The Kier molecular flexibility index (Phi) is 7.52. The van der Waals surface area contributed by atoms with Gasteiger partial charge in [-0.05, 0) is 29.3 Å². The molecule has 31 heavy (non-hydrogen) atoms. The Balaban J connectivity index is 1.92. The zero-order valence-corrected chi connectivity index (χ0v) is 18.2. The molecule has 0 unspecified atom stereocenters. The Morgan fingerprint density at radius 3 is 2.48 bits per heavy atom. The third-order valence-electron chi connectivity index (χ3n) is 4.49. The van der Waals surface area contributed by atoms with E-state index in [1.807, 2.05) is 12.1 Å². The molecular weight excluding hydrogens is 439 g/mol. The van der Waals surface area contributed by atoms with Crippen LogP contribution in [0, 0.1) is 0 Å². The zero-order chi connectivity index (χ0) is 22.5. The topological polar surface area (TPSA) is 38.7 Å². The highest BCUT2D eigenvalue weighted by Gasteiger charge is 2.08. The highest BCUT2D eigenvalue weighted by atomic mass is 35.5. The van der Waals surface area contributed by atoms with Crippen LogP contribution in [0.1, 0.15) is 11.1 Å². The van der Waals surface area contributed by atoms with E-state index in [1.54, 1.807) is 24.3 Å². The summed E-state index contributed by atoms with van der Waals surface area (Å²) in [5, 5.41) is 0.475. The highest BCUT2D eigenvalue weighted by Crippen LogP contribution is 2.32. The van der Waals surface area contributed by atoms with Crippen LogP contribution in [0.2, 0.25) is 5.02 Å². The average molecular weight is 457 g/mol. The van der Waals surface area contributed by atoms with E-state index in [2.05, 4.69) is 10.9 Å². The van der Waals surface area contributed by atoms with Gasteiger partial charge >= 0.3 is 0 Å². The number of alkyl halides is 2. The van der Waals surface area contributed by atoms with E-state index >= 15 is 0 Å². The smallest absolute Gasteiger partial charge is 0.242 e. The van der Waals surface area contributed by atoms with Crippen LogP contribution < -0.4 is 5.46 Å². The number of hydrogen-bond donors (Lipinski definition) is 0. The van der Waals surface area contributed by atoms with Crippen LogP contribution in [-0.4, -0.2) is 21.4 Å². The molecule has 158 valence electrons. The first kappa shape index (κ1) is 23.0. The van der Waals surface area contributed by atoms with Crippen molar-refractivity contribution in [2.24, 2.45) is 4.36 Å². The summed E-state index contributed by atoms with van der Waals surface area (Å²) < 4.78 is 46.9. The number of ether oxygens (including phenoxy) is 1. The van der Waals surface area contributed by atoms with Gasteiger partial charge in [0.15, 0.2) is 0 Å². The lowest BCUT2D eigenvalue weighted by Gasteiger charge is -2.12. The molecule has 3 rings (SSSR count). The van der Waals surface area contributed by atoms with Crippen LogP contribution in [-0.2, 0) is 26.0 Å². The molecule has 0 saturated heterocycles. The lowest BCUT2D eigenvalue weighted by Crippen LogP contribution is -2.01. The molecular formula is C23H18BClF2NO2S-. The number of rotatable bonds is 7. The van der Waals surface area contributed by atoms with Gasteiger partial charge in [-0.25, -0.2) is 8.78 Å². The fourth-order valence-corrected chi connectivity index (χ4v) is 4.01.